The van der Waals surface area contributed by atoms with Gasteiger partial charge in [0.25, 0.3) is 0 Å². The average molecular weight is 442 g/mol. The van der Waals surface area contributed by atoms with Gasteiger partial charge in [0.1, 0.15) is 4.99 Å². The molecule has 5 heteroatoms. The van der Waals surface area contributed by atoms with Crippen molar-refractivity contribution in [3.8, 4) is 0 Å². The largest absolute Gasteiger partial charge is 0.348 e. The van der Waals surface area contributed by atoms with Crippen LogP contribution in [0.5, 0.6) is 0 Å². The first kappa shape index (κ1) is 21.9. The topological polar surface area (TPSA) is 53.2 Å². The molecule has 4 aromatic rings. The zero-order chi connectivity index (χ0) is 22.5. The Bertz CT molecular complexity index is 1270. The molecule has 0 aliphatic rings. The molecule has 0 aromatic heterocycles. The van der Waals surface area contributed by atoms with Crippen molar-refractivity contribution >= 4 is 50.3 Å². The van der Waals surface area contributed by atoms with Crippen molar-refractivity contribution in [2.24, 2.45) is 0 Å². The van der Waals surface area contributed by atoms with Crippen molar-refractivity contribution in [1.29, 1.82) is 0 Å². The Morgan fingerprint density at radius 1 is 0.844 bits per heavy atom. The standard InChI is InChI=1S/C27H27N3OS/c1-18(27(32)30-24-14-13-21-8-4-6-10-23(21)17-24)29-26(31)25(28-2)16-19-11-12-20-7-3-5-9-22(20)15-19/h3-15,17-18,25,28H,16H2,1-2H3,(H,29,31)(H,30,32)/t18-,25-/m1/s1. The molecule has 162 valence electrons. The number of likely N-dealkylation sites (N-methyl/N-ethyl adjacent to an activating group) is 1. The summed E-state index contributed by atoms with van der Waals surface area (Å²) in [4.78, 5) is 13.5. The zero-order valence-electron chi connectivity index (χ0n) is 18.3. The highest BCUT2D eigenvalue weighted by atomic mass is 32.1. The van der Waals surface area contributed by atoms with Gasteiger partial charge in [0.05, 0.1) is 12.1 Å². The summed E-state index contributed by atoms with van der Waals surface area (Å²) < 4.78 is 0. The smallest absolute Gasteiger partial charge is 0.238 e. The van der Waals surface area contributed by atoms with E-state index in [2.05, 4.69) is 70.5 Å². The lowest BCUT2D eigenvalue weighted by Gasteiger charge is -2.21. The third-order valence-electron chi connectivity index (χ3n) is 5.69. The normalized spacial score (nSPS) is 12.9. The molecule has 0 aliphatic carbocycles. The highest BCUT2D eigenvalue weighted by molar-refractivity contribution is 7.80. The molecule has 4 nitrogen and oxygen atoms in total. The van der Waals surface area contributed by atoms with Gasteiger partial charge in [-0.2, -0.15) is 0 Å². The van der Waals surface area contributed by atoms with Gasteiger partial charge in [-0.3, -0.25) is 4.79 Å². The Hall–Kier alpha value is -3.28. The maximum atomic E-state index is 12.9. The van der Waals surface area contributed by atoms with E-state index < -0.39 is 0 Å². The number of anilines is 1. The number of fused-ring (bicyclic) bond motifs is 2. The van der Waals surface area contributed by atoms with Gasteiger partial charge in [-0.1, -0.05) is 85.0 Å². The number of hydrogen-bond donors (Lipinski definition) is 3. The summed E-state index contributed by atoms with van der Waals surface area (Å²) in [7, 11) is 1.81. The first-order valence-electron chi connectivity index (χ1n) is 10.8. The first-order valence-corrected chi connectivity index (χ1v) is 11.2. The Kier molecular flexibility index (Phi) is 6.78. The van der Waals surface area contributed by atoms with Gasteiger partial charge in [0, 0.05) is 5.69 Å². The van der Waals surface area contributed by atoms with Crippen LogP contribution < -0.4 is 16.0 Å². The Labute approximate surface area is 194 Å². The minimum absolute atomic E-state index is 0.0733. The molecule has 0 saturated carbocycles. The molecule has 4 rings (SSSR count). The molecule has 0 spiro atoms. The van der Waals surface area contributed by atoms with Gasteiger partial charge < -0.3 is 16.0 Å². The number of benzene rings is 4. The number of hydrogen-bond acceptors (Lipinski definition) is 3. The maximum absolute atomic E-state index is 12.9. The number of nitrogens with one attached hydrogen (secondary N) is 3. The fourth-order valence-electron chi connectivity index (χ4n) is 3.82. The summed E-state index contributed by atoms with van der Waals surface area (Å²) in [5.41, 5.74) is 2.03. The van der Waals surface area contributed by atoms with Crippen molar-refractivity contribution in [3.63, 3.8) is 0 Å². The summed E-state index contributed by atoms with van der Waals surface area (Å²) in [6.45, 7) is 1.90. The highest BCUT2D eigenvalue weighted by Gasteiger charge is 2.20. The van der Waals surface area contributed by atoms with E-state index in [4.69, 9.17) is 12.2 Å². The Morgan fingerprint density at radius 3 is 2.09 bits per heavy atom. The minimum Gasteiger partial charge on any atom is -0.348 e. The van der Waals surface area contributed by atoms with E-state index in [1.54, 1.807) is 0 Å². The number of carbonyl (C=O) groups excluding carboxylic acids is 1. The summed E-state index contributed by atoms with van der Waals surface area (Å²) in [5.74, 6) is -0.0733. The van der Waals surface area contributed by atoms with E-state index in [-0.39, 0.29) is 18.0 Å². The van der Waals surface area contributed by atoms with Crippen molar-refractivity contribution in [3.05, 3.63) is 90.5 Å². The van der Waals surface area contributed by atoms with Crippen molar-refractivity contribution < 1.29 is 4.79 Å². The van der Waals surface area contributed by atoms with E-state index in [9.17, 15) is 4.79 Å². The van der Waals surface area contributed by atoms with Crippen LogP contribution >= 0.6 is 12.2 Å². The van der Waals surface area contributed by atoms with E-state index in [0.29, 0.717) is 11.4 Å². The summed E-state index contributed by atoms with van der Waals surface area (Å²) in [5, 5.41) is 14.1. The van der Waals surface area contributed by atoms with Gasteiger partial charge in [0.15, 0.2) is 0 Å². The third-order valence-corrected chi connectivity index (χ3v) is 6.14. The molecule has 3 N–H and O–H groups in total. The van der Waals surface area contributed by atoms with Crippen LogP contribution in [0.15, 0.2) is 84.9 Å². The van der Waals surface area contributed by atoms with Crippen LogP contribution in [0.4, 0.5) is 5.69 Å². The molecular weight excluding hydrogens is 414 g/mol. The second-order valence-corrected chi connectivity index (χ2v) is 8.45. The predicted octanol–water partition coefficient (Wildman–Crippen LogP) is 5.07. The molecule has 0 saturated heterocycles. The van der Waals surface area contributed by atoms with Gasteiger partial charge in [0.2, 0.25) is 5.91 Å². The zero-order valence-corrected chi connectivity index (χ0v) is 19.1. The van der Waals surface area contributed by atoms with Gasteiger partial charge in [-0.25, -0.2) is 0 Å². The van der Waals surface area contributed by atoms with Crippen LogP contribution in [0.2, 0.25) is 0 Å². The number of amides is 1. The fourth-order valence-corrected chi connectivity index (χ4v) is 4.00. The average Bonchev–Trinajstić information content (AvgIpc) is 2.82. The third kappa shape index (κ3) is 5.13. The van der Waals surface area contributed by atoms with E-state index in [1.807, 2.05) is 44.3 Å². The first-order chi connectivity index (χ1) is 15.5. The Morgan fingerprint density at radius 2 is 1.44 bits per heavy atom. The van der Waals surface area contributed by atoms with Crippen LogP contribution in [0.3, 0.4) is 0 Å². The van der Waals surface area contributed by atoms with Crippen molar-refractivity contribution in [2.75, 3.05) is 12.4 Å². The van der Waals surface area contributed by atoms with Gasteiger partial charge in [-0.05, 0) is 59.6 Å². The number of rotatable bonds is 7. The van der Waals surface area contributed by atoms with Crippen LogP contribution in [0, 0.1) is 0 Å². The van der Waals surface area contributed by atoms with Crippen LogP contribution in [-0.4, -0.2) is 30.0 Å². The molecule has 4 aromatic carbocycles. The summed E-state index contributed by atoms with van der Waals surface area (Å²) in [6, 6.07) is 28.2. The Balaban J connectivity index is 1.38. The van der Waals surface area contributed by atoms with E-state index in [1.165, 1.54) is 16.2 Å². The quantitative estimate of drug-likeness (QED) is 0.351. The molecule has 0 bridgehead atoms. The highest BCUT2D eigenvalue weighted by Crippen LogP contribution is 2.19. The SMILES string of the molecule is CN[C@H](Cc1ccc2ccccc2c1)C(=O)N[C@H](C)C(=S)Nc1ccc2ccccc2c1. The van der Waals surface area contributed by atoms with Gasteiger partial charge >= 0.3 is 0 Å². The molecule has 32 heavy (non-hydrogen) atoms. The molecular formula is C27H27N3OS. The monoisotopic (exact) mass is 441 g/mol. The number of carbonyl (C=O) groups is 1. The summed E-state index contributed by atoms with van der Waals surface area (Å²) in [6.07, 6.45) is 0.602. The molecule has 1 amide bonds. The van der Waals surface area contributed by atoms with Crippen LogP contribution in [-0.2, 0) is 11.2 Å². The second kappa shape index (κ2) is 9.90. The molecule has 0 heterocycles. The molecule has 0 aliphatic heterocycles. The lowest BCUT2D eigenvalue weighted by Crippen LogP contribution is -2.50. The van der Waals surface area contributed by atoms with Crippen LogP contribution in [0.1, 0.15) is 12.5 Å². The maximum Gasteiger partial charge on any atom is 0.238 e. The molecule has 0 unspecified atom stereocenters. The lowest BCUT2D eigenvalue weighted by atomic mass is 10.0. The predicted molar refractivity (Wildman–Crippen MR) is 138 cm³/mol. The van der Waals surface area contributed by atoms with Crippen LogP contribution in [0.25, 0.3) is 21.5 Å². The molecule has 0 fully saturated rings. The number of thiocarbonyl (C=S) groups is 1. The van der Waals surface area contributed by atoms with E-state index in [0.717, 1.165) is 16.6 Å². The second-order valence-electron chi connectivity index (χ2n) is 8.01. The van der Waals surface area contributed by atoms with Crippen molar-refractivity contribution in [1.82, 2.24) is 10.6 Å². The van der Waals surface area contributed by atoms with Gasteiger partial charge in [-0.15, -0.1) is 0 Å². The summed E-state index contributed by atoms with van der Waals surface area (Å²) >= 11 is 5.56. The fraction of sp³-hybridized carbons (Fsp3) is 0.185. The molecule has 0 radical (unpaired) electrons. The molecule has 2 atom stereocenters. The van der Waals surface area contributed by atoms with E-state index >= 15 is 0 Å². The van der Waals surface area contributed by atoms with Crippen molar-refractivity contribution in [2.45, 2.75) is 25.4 Å². The lowest BCUT2D eigenvalue weighted by molar-refractivity contribution is -0.123. The minimum atomic E-state index is -0.345.